The molecule has 0 saturated carbocycles. The van der Waals surface area contributed by atoms with Gasteiger partial charge in [0.2, 0.25) is 0 Å². The second-order valence-electron chi connectivity index (χ2n) is 9.17. The fourth-order valence-corrected chi connectivity index (χ4v) is 4.12. The molecule has 1 N–H and O–H groups in total. The first kappa shape index (κ1) is 24.9. The van der Waals surface area contributed by atoms with Gasteiger partial charge < -0.3 is 14.7 Å². The van der Waals surface area contributed by atoms with Crippen LogP contribution in [-0.2, 0) is 16.1 Å². The van der Waals surface area contributed by atoms with Gasteiger partial charge in [0.05, 0.1) is 18.2 Å². The first-order valence-electron chi connectivity index (χ1n) is 12.1. The molecule has 0 bridgehead atoms. The van der Waals surface area contributed by atoms with Crippen molar-refractivity contribution in [3.8, 4) is 5.75 Å². The van der Waals surface area contributed by atoms with Gasteiger partial charge in [-0.15, -0.1) is 0 Å². The summed E-state index contributed by atoms with van der Waals surface area (Å²) in [6, 6.07) is 19.7. The zero-order valence-electron chi connectivity index (χ0n) is 20.5. The highest BCUT2D eigenvalue weighted by atomic mass is 16.5. The van der Waals surface area contributed by atoms with Gasteiger partial charge in [-0.3, -0.25) is 14.6 Å². The monoisotopic (exact) mass is 482 g/mol. The lowest BCUT2D eigenvalue weighted by Crippen LogP contribution is -2.30. The molecule has 0 aliphatic carbocycles. The highest BCUT2D eigenvalue weighted by molar-refractivity contribution is 6.14. The Hall–Kier alpha value is -4.19. The molecule has 0 saturated heterocycles. The third-order valence-corrected chi connectivity index (χ3v) is 6.01. The van der Waals surface area contributed by atoms with Crippen LogP contribution in [-0.4, -0.2) is 33.3 Å². The molecule has 6 nitrogen and oxygen atoms in total. The summed E-state index contributed by atoms with van der Waals surface area (Å²) in [5, 5.41) is 10.9. The average Bonchev–Trinajstić information content (AvgIpc) is 3.13. The van der Waals surface area contributed by atoms with Crippen molar-refractivity contribution >= 4 is 17.8 Å². The molecule has 1 amide bonds. The zero-order valence-corrected chi connectivity index (χ0v) is 20.5. The number of hydrogen-bond donors (Lipinski definition) is 1. The number of nitrogens with zero attached hydrogens (tertiary/aromatic N) is 2. The summed E-state index contributed by atoms with van der Waals surface area (Å²) < 4.78 is 5.93. The number of hydrogen-bond acceptors (Lipinski definition) is 5. The van der Waals surface area contributed by atoms with Gasteiger partial charge in [-0.25, -0.2) is 0 Å². The smallest absolute Gasteiger partial charge is 0.290 e. The lowest BCUT2D eigenvalue weighted by atomic mass is 9.95. The van der Waals surface area contributed by atoms with Gasteiger partial charge in [0.25, 0.3) is 5.91 Å². The molecule has 2 heterocycles. The van der Waals surface area contributed by atoms with Crippen molar-refractivity contribution in [2.45, 2.75) is 32.9 Å². The molecule has 1 aliphatic heterocycles. The molecule has 3 aromatic rings. The molecule has 1 atom stereocenters. The van der Waals surface area contributed by atoms with Crippen LogP contribution >= 0.6 is 0 Å². The third-order valence-electron chi connectivity index (χ3n) is 6.01. The Balaban J connectivity index is 1.69. The number of aliphatic hydroxyl groups excluding tert-OH is 1. The lowest BCUT2D eigenvalue weighted by Gasteiger charge is -2.27. The van der Waals surface area contributed by atoms with Crippen LogP contribution in [0.15, 0.2) is 96.5 Å². The summed E-state index contributed by atoms with van der Waals surface area (Å²) in [6.07, 6.45) is 7.32. The number of carbonyl (C=O) groups excluding carboxylic acids is 2. The van der Waals surface area contributed by atoms with E-state index >= 15 is 0 Å². The number of ether oxygens (including phenoxy) is 1. The van der Waals surface area contributed by atoms with Crippen molar-refractivity contribution in [3.63, 3.8) is 0 Å². The van der Waals surface area contributed by atoms with E-state index in [2.05, 4.69) is 18.8 Å². The Labute approximate surface area is 211 Å². The number of aliphatic hydroxyl groups is 1. The Morgan fingerprint density at radius 3 is 2.64 bits per heavy atom. The van der Waals surface area contributed by atoms with Gasteiger partial charge in [-0.1, -0.05) is 68.5 Å². The minimum Gasteiger partial charge on any atom is -0.503 e. The van der Waals surface area contributed by atoms with E-state index < -0.39 is 23.5 Å². The maximum absolute atomic E-state index is 13.4. The van der Waals surface area contributed by atoms with Gasteiger partial charge >= 0.3 is 0 Å². The first-order chi connectivity index (χ1) is 17.4. The number of carbonyl (C=O) groups is 2. The van der Waals surface area contributed by atoms with Gasteiger partial charge in [0.1, 0.15) is 5.75 Å². The molecule has 6 heteroatoms. The number of aromatic nitrogens is 1. The van der Waals surface area contributed by atoms with E-state index in [-0.39, 0.29) is 12.1 Å². The van der Waals surface area contributed by atoms with Crippen molar-refractivity contribution in [3.05, 3.63) is 113 Å². The maximum Gasteiger partial charge on any atom is 0.290 e. The summed E-state index contributed by atoms with van der Waals surface area (Å²) in [5.41, 5.74) is 2.38. The van der Waals surface area contributed by atoms with E-state index in [0.29, 0.717) is 23.8 Å². The van der Waals surface area contributed by atoms with E-state index in [1.54, 1.807) is 24.5 Å². The third kappa shape index (κ3) is 5.89. The van der Waals surface area contributed by atoms with E-state index in [4.69, 9.17) is 4.74 Å². The van der Waals surface area contributed by atoms with E-state index in [0.717, 1.165) is 17.5 Å². The molecule has 0 radical (unpaired) electrons. The van der Waals surface area contributed by atoms with Gasteiger partial charge in [0.15, 0.2) is 11.5 Å². The maximum atomic E-state index is 13.4. The summed E-state index contributed by atoms with van der Waals surface area (Å²) in [4.78, 5) is 32.2. The summed E-state index contributed by atoms with van der Waals surface area (Å²) in [5.74, 6) is -0.380. The molecule has 1 aromatic heterocycles. The fraction of sp³-hybridized carbons (Fsp3) is 0.233. The van der Waals surface area contributed by atoms with Crippen LogP contribution in [0.1, 0.15) is 43.0 Å². The summed E-state index contributed by atoms with van der Waals surface area (Å²) >= 11 is 0. The number of allylic oxidation sites excluding steroid dienone is 1. The van der Waals surface area contributed by atoms with E-state index in [1.165, 1.54) is 11.0 Å². The van der Waals surface area contributed by atoms with Crippen LogP contribution in [0.5, 0.6) is 5.75 Å². The molecule has 1 aliphatic rings. The number of ketones is 1. The quantitative estimate of drug-likeness (QED) is 0.376. The summed E-state index contributed by atoms with van der Waals surface area (Å²) in [6.45, 7) is 5.03. The second-order valence-corrected chi connectivity index (χ2v) is 9.17. The number of amides is 1. The molecular formula is C30H30N2O4. The van der Waals surface area contributed by atoms with Crippen molar-refractivity contribution in [1.29, 1.82) is 0 Å². The second kappa shape index (κ2) is 11.5. The van der Waals surface area contributed by atoms with Crippen molar-refractivity contribution in [2.75, 3.05) is 6.61 Å². The predicted octanol–water partition coefficient (Wildman–Crippen LogP) is 5.68. The van der Waals surface area contributed by atoms with Crippen molar-refractivity contribution in [1.82, 2.24) is 9.88 Å². The van der Waals surface area contributed by atoms with Gasteiger partial charge in [-0.2, -0.15) is 0 Å². The highest BCUT2D eigenvalue weighted by Gasteiger charge is 2.43. The number of benzene rings is 2. The molecule has 1 unspecified atom stereocenters. The van der Waals surface area contributed by atoms with Crippen LogP contribution in [0.3, 0.4) is 0 Å². The normalized spacial score (nSPS) is 15.8. The van der Waals surface area contributed by atoms with Crippen LogP contribution in [0.4, 0.5) is 0 Å². The Kier molecular flexibility index (Phi) is 7.95. The van der Waals surface area contributed by atoms with E-state index in [9.17, 15) is 14.7 Å². The topological polar surface area (TPSA) is 79.7 Å². The molecule has 0 fully saturated rings. The highest BCUT2D eigenvalue weighted by Crippen LogP contribution is 2.40. The average molecular weight is 483 g/mol. The lowest BCUT2D eigenvalue weighted by molar-refractivity contribution is -0.130. The molecule has 2 aromatic carbocycles. The molecule has 0 spiro atoms. The van der Waals surface area contributed by atoms with Gasteiger partial charge in [-0.05, 0) is 53.3 Å². The molecule has 4 rings (SSSR count). The van der Waals surface area contributed by atoms with Gasteiger partial charge in [0, 0.05) is 18.9 Å². The van der Waals surface area contributed by atoms with Crippen LogP contribution < -0.4 is 4.74 Å². The Morgan fingerprint density at radius 2 is 1.92 bits per heavy atom. The first-order valence-corrected chi connectivity index (χ1v) is 12.1. The Bertz CT molecular complexity index is 1270. The minimum atomic E-state index is -0.765. The van der Waals surface area contributed by atoms with Crippen molar-refractivity contribution in [2.24, 2.45) is 5.92 Å². The molecule has 36 heavy (non-hydrogen) atoms. The largest absolute Gasteiger partial charge is 0.503 e. The molecular weight excluding hydrogens is 452 g/mol. The van der Waals surface area contributed by atoms with Crippen LogP contribution in [0, 0.1) is 5.92 Å². The minimum absolute atomic E-state index is 0.0513. The predicted molar refractivity (Wildman–Crippen MR) is 139 cm³/mol. The SMILES string of the molecule is CC(C)CCOc1cccc(C2C(C(=O)C=Cc3ccccc3)=C(O)C(=O)N2Cc2cccnc2)c1. The van der Waals surface area contributed by atoms with E-state index in [1.807, 2.05) is 60.7 Å². The fourth-order valence-electron chi connectivity index (χ4n) is 4.12. The number of pyridine rings is 1. The number of rotatable bonds is 10. The molecule has 184 valence electrons. The standard InChI is InChI=1S/C30H30N2O4/c1-21(2)15-17-36-25-12-6-11-24(18-25)28-27(26(33)14-13-22-8-4-3-5-9-22)29(34)30(35)32(28)20-23-10-7-16-31-19-23/h3-14,16,18-19,21,28,34H,15,17,20H2,1-2H3. The Morgan fingerprint density at radius 1 is 1.11 bits per heavy atom. The summed E-state index contributed by atoms with van der Waals surface area (Å²) in [7, 11) is 0. The van der Waals surface area contributed by atoms with Crippen molar-refractivity contribution < 1.29 is 19.4 Å². The van der Waals surface area contributed by atoms with Crippen LogP contribution in [0.25, 0.3) is 6.08 Å². The zero-order chi connectivity index (χ0) is 25.5. The van der Waals surface area contributed by atoms with Crippen LogP contribution in [0.2, 0.25) is 0 Å².